The molecule has 0 saturated carbocycles. The van der Waals surface area contributed by atoms with Crippen LogP contribution in [0, 0.1) is 17.0 Å². The Labute approximate surface area is 130 Å². The molecule has 0 heterocycles. The number of phenols is 1. The lowest BCUT2D eigenvalue weighted by atomic mass is 10.1. The molecule has 0 aromatic heterocycles. The van der Waals surface area contributed by atoms with Crippen molar-refractivity contribution >= 4 is 17.5 Å². The minimum atomic E-state index is -0.685. The summed E-state index contributed by atoms with van der Waals surface area (Å²) in [4.78, 5) is 34.0. The lowest BCUT2D eigenvalue weighted by Crippen LogP contribution is -2.41. The van der Waals surface area contributed by atoms with Gasteiger partial charge in [0.15, 0.2) is 0 Å². The topological polar surface area (TPSA) is 122 Å². The number of amides is 2. The van der Waals surface area contributed by atoms with Crippen LogP contribution in [0.3, 0.4) is 0 Å². The van der Waals surface area contributed by atoms with E-state index in [2.05, 4.69) is 10.9 Å². The van der Waals surface area contributed by atoms with Crippen molar-refractivity contribution in [3.63, 3.8) is 0 Å². The number of nitro benzene ring substituents is 1. The number of carbonyl (C=O) groups excluding carboxylic acids is 2. The van der Waals surface area contributed by atoms with E-state index in [1.54, 1.807) is 12.1 Å². The molecule has 0 fully saturated rings. The van der Waals surface area contributed by atoms with Crippen LogP contribution in [0.2, 0.25) is 0 Å². The Balaban J connectivity index is 2.05. The van der Waals surface area contributed by atoms with Gasteiger partial charge in [-0.2, -0.15) is 0 Å². The molecule has 0 aliphatic rings. The lowest BCUT2D eigenvalue weighted by molar-refractivity contribution is -0.385. The van der Waals surface area contributed by atoms with Gasteiger partial charge in [-0.25, -0.2) is 0 Å². The third kappa shape index (κ3) is 3.62. The number of hydrogen-bond acceptors (Lipinski definition) is 5. The highest BCUT2D eigenvalue weighted by Crippen LogP contribution is 2.18. The van der Waals surface area contributed by atoms with E-state index in [1.807, 2.05) is 0 Å². The number of benzene rings is 2. The largest absolute Gasteiger partial charge is 0.507 e. The molecule has 0 saturated heterocycles. The van der Waals surface area contributed by atoms with Crippen LogP contribution in [0.15, 0.2) is 42.5 Å². The maximum absolute atomic E-state index is 11.9. The Bertz CT molecular complexity index is 788. The van der Waals surface area contributed by atoms with E-state index >= 15 is 0 Å². The van der Waals surface area contributed by atoms with Gasteiger partial charge in [-0.15, -0.1) is 0 Å². The average molecular weight is 315 g/mol. The fourth-order valence-electron chi connectivity index (χ4n) is 1.92. The van der Waals surface area contributed by atoms with Gasteiger partial charge in [0.25, 0.3) is 17.5 Å². The van der Waals surface area contributed by atoms with Gasteiger partial charge in [0, 0.05) is 17.2 Å². The first-order valence-electron chi connectivity index (χ1n) is 6.54. The monoisotopic (exact) mass is 315 g/mol. The molecule has 2 aromatic carbocycles. The quantitative estimate of drug-likeness (QED) is 0.587. The number of hydrazine groups is 1. The molecule has 0 aliphatic carbocycles. The Hall–Kier alpha value is -3.42. The van der Waals surface area contributed by atoms with Gasteiger partial charge in [-0.3, -0.25) is 30.6 Å². The molecule has 8 heteroatoms. The van der Waals surface area contributed by atoms with Crippen LogP contribution in [0.4, 0.5) is 5.69 Å². The summed E-state index contributed by atoms with van der Waals surface area (Å²) in [6.45, 7) is 1.51. The van der Waals surface area contributed by atoms with Crippen LogP contribution in [0.25, 0.3) is 0 Å². The Kier molecular flexibility index (Phi) is 4.55. The van der Waals surface area contributed by atoms with Crippen molar-refractivity contribution < 1.29 is 19.6 Å². The highest BCUT2D eigenvalue weighted by atomic mass is 16.6. The summed E-state index contributed by atoms with van der Waals surface area (Å²) in [5.74, 6) is -1.53. The third-order valence-corrected chi connectivity index (χ3v) is 3.09. The van der Waals surface area contributed by atoms with E-state index in [9.17, 15) is 24.8 Å². The first-order valence-corrected chi connectivity index (χ1v) is 6.54. The predicted molar refractivity (Wildman–Crippen MR) is 80.9 cm³/mol. The number of hydrogen-bond donors (Lipinski definition) is 3. The Morgan fingerprint density at radius 1 is 1.09 bits per heavy atom. The molecule has 0 aliphatic heterocycles. The molecular weight excluding hydrogens is 302 g/mol. The summed E-state index contributed by atoms with van der Waals surface area (Å²) in [5.41, 5.74) is 4.74. The number of phenolic OH excluding ortho intramolecular Hbond substituents is 1. The molecule has 0 unspecified atom stereocenters. The van der Waals surface area contributed by atoms with Gasteiger partial charge < -0.3 is 5.11 Å². The summed E-state index contributed by atoms with van der Waals surface area (Å²) in [6, 6.07) is 9.71. The number of aryl methyl sites for hydroxylation is 1. The van der Waals surface area contributed by atoms with Gasteiger partial charge in [0.05, 0.1) is 10.5 Å². The van der Waals surface area contributed by atoms with Gasteiger partial charge in [0.1, 0.15) is 5.75 Å². The summed E-state index contributed by atoms with van der Waals surface area (Å²) >= 11 is 0. The molecule has 0 spiro atoms. The molecule has 2 rings (SSSR count). The molecule has 0 radical (unpaired) electrons. The lowest BCUT2D eigenvalue weighted by Gasteiger charge is -2.09. The van der Waals surface area contributed by atoms with Crippen LogP contribution in [0.5, 0.6) is 5.75 Å². The number of para-hydroxylation sites is 1. The van der Waals surface area contributed by atoms with E-state index < -0.39 is 16.7 Å². The molecule has 118 valence electrons. The highest BCUT2D eigenvalue weighted by molar-refractivity contribution is 6.00. The number of carbonyl (C=O) groups is 2. The first-order chi connectivity index (χ1) is 10.9. The normalized spacial score (nSPS) is 9.96. The second-order valence-corrected chi connectivity index (χ2v) is 4.68. The fourth-order valence-corrected chi connectivity index (χ4v) is 1.92. The standard InChI is InChI=1S/C15H13N3O5/c1-9-8-10(6-7-12(9)18(22)23)14(20)16-17-15(21)11-4-2-3-5-13(11)19/h2-8,19H,1H3,(H,16,20)(H,17,21). The number of rotatable bonds is 3. The summed E-state index contributed by atoms with van der Waals surface area (Å²) in [6.07, 6.45) is 0. The van der Waals surface area contributed by atoms with Crippen LogP contribution >= 0.6 is 0 Å². The van der Waals surface area contributed by atoms with Crippen molar-refractivity contribution in [3.05, 3.63) is 69.3 Å². The zero-order valence-electron chi connectivity index (χ0n) is 12.1. The number of nitrogens with one attached hydrogen (secondary N) is 2. The van der Waals surface area contributed by atoms with Crippen LogP contribution in [-0.2, 0) is 0 Å². The van der Waals surface area contributed by atoms with E-state index in [1.165, 1.54) is 37.3 Å². The second-order valence-electron chi connectivity index (χ2n) is 4.68. The molecule has 3 N–H and O–H groups in total. The minimum absolute atomic E-state index is 0.00711. The highest BCUT2D eigenvalue weighted by Gasteiger charge is 2.15. The van der Waals surface area contributed by atoms with E-state index in [0.29, 0.717) is 5.56 Å². The summed E-state index contributed by atoms with van der Waals surface area (Å²) < 4.78 is 0. The van der Waals surface area contributed by atoms with Gasteiger partial charge in [0.2, 0.25) is 0 Å². The molecule has 8 nitrogen and oxygen atoms in total. The molecule has 2 amide bonds. The molecule has 2 aromatic rings. The van der Waals surface area contributed by atoms with E-state index in [4.69, 9.17) is 0 Å². The van der Waals surface area contributed by atoms with E-state index in [-0.39, 0.29) is 22.6 Å². The Morgan fingerprint density at radius 2 is 1.74 bits per heavy atom. The number of aromatic hydroxyl groups is 1. The molecule has 23 heavy (non-hydrogen) atoms. The van der Waals surface area contributed by atoms with Crippen molar-refractivity contribution in [1.82, 2.24) is 10.9 Å². The van der Waals surface area contributed by atoms with Crippen LogP contribution < -0.4 is 10.9 Å². The maximum atomic E-state index is 11.9. The molecule has 0 bridgehead atoms. The summed E-state index contributed by atoms with van der Waals surface area (Å²) in [5, 5.41) is 20.3. The van der Waals surface area contributed by atoms with Gasteiger partial charge >= 0.3 is 0 Å². The van der Waals surface area contributed by atoms with Gasteiger partial charge in [-0.1, -0.05) is 12.1 Å². The SMILES string of the molecule is Cc1cc(C(=O)NNC(=O)c2ccccc2O)ccc1[N+](=O)[O-]. The fraction of sp³-hybridized carbons (Fsp3) is 0.0667. The number of nitro groups is 1. The van der Waals surface area contributed by atoms with Crippen molar-refractivity contribution in [2.75, 3.05) is 0 Å². The maximum Gasteiger partial charge on any atom is 0.273 e. The summed E-state index contributed by atoms with van der Waals surface area (Å²) in [7, 11) is 0. The third-order valence-electron chi connectivity index (χ3n) is 3.09. The van der Waals surface area contributed by atoms with Crippen LogP contribution in [0.1, 0.15) is 26.3 Å². The first kappa shape index (κ1) is 16.0. The Morgan fingerprint density at radius 3 is 2.35 bits per heavy atom. The zero-order chi connectivity index (χ0) is 17.0. The minimum Gasteiger partial charge on any atom is -0.507 e. The van der Waals surface area contributed by atoms with E-state index in [0.717, 1.165) is 0 Å². The van der Waals surface area contributed by atoms with Crippen molar-refractivity contribution in [1.29, 1.82) is 0 Å². The van der Waals surface area contributed by atoms with Crippen molar-refractivity contribution in [2.45, 2.75) is 6.92 Å². The van der Waals surface area contributed by atoms with Crippen molar-refractivity contribution in [3.8, 4) is 5.75 Å². The molecule has 0 atom stereocenters. The average Bonchev–Trinajstić information content (AvgIpc) is 2.52. The molecular formula is C15H13N3O5. The predicted octanol–water partition coefficient (Wildman–Crippen LogP) is 1.68. The van der Waals surface area contributed by atoms with Gasteiger partial charge in [-0.05, 0) is 31.2 Å². The zero-order valence-corrected chi connectivity index (χ0v) is 12.1. The second kappa shape index (κ2) is 6.56. The smallest absolute Gasteiger partial charge is 0.273 e. The van der Waals surface area contributed by atoms with Crippen LogP contribution in [-0.4, -0.2) is 21.8 Å². The van der Waals surface area contributed by atoms with Crippen molar-refractivity contribution in [2.24, 2.45) is 0 Å². The number of nitrogens with zero attached hydrogens (tertiary/aromatic N) is 1.